The van der Waals surface area contributed by atoms with E-state index in [9.17, 15) is 0 Å². The van der Waals surface area contributed by atoms with Gasteiger partial charge >= 0.3 is 0 Å². The molecule has 7 heteroatoms. The van der Waals surface area contributed by atoms with Crippen LogP contribution in [0, 0.1) is 0 Å². The molecule has 1 fully saturated rings. The number of nitrogens with two attached hydrogens (primary N) is 1. The topological polar surface area (TPSA) is 92.7 Å². The highest BCUT2D eigenvalue weighted by atomic mass is 16.5. The number of aromatic amines is 1. The van der Waals surface area contributed by atoms with Crippen LogP contribution in [0.2, 0.25) is 0 Å². The molecule has 4 aromatic rings. The minimum Gasteiger partial charge on any atom is -0.378 e. The number of morpholine rings is 1. The van der Waals surface area contributed by atoms with Gasteiger partial charge in [-0.25, -0.2) is 0 Å². The zero-order valence-corrected chi connectivity index (χ0v) is 16.3. The van der Waals surface area contributed by atoms with Crippen molar-refractivity contribution >= 4 is 33.6 Å². The Kier molecular flexibility index (Phi) is 4.44. The van der Waals surface area contributed by atoms with Gasteiger partial charge in [-0.3, -0.25) is 0 Å². The first-order chi connectivity index (χ1) is 14.2. The summed E-state index contributed by atoms with van der Waals surface area (Å²) in [5.74, 6) is 0.925. The molecule has 3 heterocycles. The van der Waals surface area contributed by atoms with Crippen molar-refractivity contribution < 1.29 is 9.26 Å². The van der Waals surface area contributed by atoms with Crippen molar-refractivity contribution in [3.8, 4) is 0 Å². The number of rotatable bonds is 3. The summed E-state index contributed by atoms with van der Waals surface area (Å²) >= 11 is 0. The largest absolute Gasteiger partial charge is 0.378 e. The van der Waals surface area contributed by atoms with Gasteiger partial charge in [0.25, 0.3) is 5.88 Å². The number of nitrogens with zero attached hydrogens (tertiary/aromatic N) is 3. The van der Waals surface area contributed by atoms with E-state index in [0.29, 0.717) is 25.1 Å². The highest BCUT2D eigenvalue weighted by Gasteiger charge is 2.17. The first-order valence-electron chi connectivity index (χ1n) is 9.83. The molecule has 1 aliphatic heterocycles. The van der Waals surface area contributed by atoms with Gasteiger partial charge in [-0.1, -0.05) is 42.4 Å². The Balaban J connectivity index is 1.40. The fraction of sp³-hybridized carbons (Fsp3) is 0.273. The number of fused-ring (bicyclic) bond motifs is 3. The van der Waals surface area contributed by atoms with Gasteiger partial charge in [0.2, 0.25) is 0 Å². The van der Waals surface area contributed by atoms with Crippen molar-refractivity contribution in [2.45, 2.75) is 12.8 Å². The summed E-state index contributed by atoms with van der Waals surface area (Å²) in [5, 5.41) is 6.68. The first kappa shape index (κ1) is 17.8. The zero-order chi connectivity index (χ0) is 19.8. The average molecular weight is 389 g/mol. The highest BCUT2D eigenvalue weighted by molar-refractivity contribution is 6.07. The maximum absolute atomic E-state index is 6.10. The molecule has 5 rings (SSSR count). The minimum atomic E-state index is 0.0723. The number of hydrogen-bond acceptors (Lipinski definition) is 4. The number of aliphatic imine (C=N–C) groups is 1. The van der Waals surface area contributed by atoms with Crippen molar-refractivity contribution in [1.82, 2.24) is 15.0 Å². The lowest BCUT2D eigenvalue weighted by atomic mass is 9.96. The Morgan fingerprint density at radius 3 is 2.76 bits per heavy atom. The lowest BCUT2D eigenvalue weighted by Gasteiger charge is -2.27. The van der Waals surface area contributed by atoms with Crippen LogP contribution in [0.15, 0.2) is 58.0 Å². The average Bonchev–Trinajstić information content (AvgIpc) is 3.37. The molecular formula is C22H23N5O2. The van der Waals surface area contributed by atoms with Crippen molar-refractivity contribution in [2.75, 3.05) is 26.3 Å². The molecule has 0 saturated carbocycles. The maximum atomic E-state index is 6.10. The predicted molar refractivity (Wildman–Crippen MR) is 113 cm³/mol. The summed E-state index contributed by atoms with van der Waals surface area (Å²) in [4.78, 5) is 9.87. The summed E-state index contributed by atoms with van der Waals surface area (Å²) in [6.07, 6.45) is 0. The predicted octanol–water partition coefficient (Wildman–Crippen LogP) is 3.74. The monoisotopic (exact) mass is 389 g/mol. The van der Waals surface area contributed by atoms with Crippen LogP contribution in [0.1, 0.15) is 24.1 Å². The van der Waals surface area contributed by atoms with E-state index in [0.717, 1.165) is 35.4 Å². The maximum Gasteiger partial charge on any atom is 0.253 e. The summed E-state index contributed by atoms with van der Waals surface area (Å²) in [6.45, 7) is 4.89. The molecule has 0 aliphatic carbocycles. The molecule has 2 aromatic carbocycles. The van der Waals surface area contributed by atoms with E-state index in [1.54, 1.807) is 0 Å². The molecular weight excluding hydrogens is 366 g/mol. The van der Waals surface area contributed by atoms with Crippen LogP contribution in [0.4, 0.5) is 5.88 Å². The fourth-order valence-electron chi connectivity index (χ4n) is 3.82. The highest BCUT2D eigenvalue weighted by Crippen LogP contribution is 2.31. The van der Waals surface area contributed by atoms with Gasteiger partial charge in [0, 0.05) is 46.9 Å². The molecule has 0 bridgehead atoms. The number of H-pyrrole nitrogens is 1. The molecule has 1 saturated heterocycles. The van der Waals surface area contributed by atoms with Crippen LogP contribution in [-0.2, 0) is 4.74 Å². The number of nitrogens with one attached hydrogen (secondary N) is 1. The van der Waals surface area contributed by atoms with Gasteiger partial charge in [0.1, 0.15) is 0 Å². The second kappa shape index (κ2) is 7.25. The summed E-state index contributed by atoms with van der Waals surface area (Å²) < 4.78 is 10.8. The van der Waals surface area contributed by atoms with Crippen LogP contribution in [0.3, 0.4) is 0 Å². The van der Waals surface area contributed by atoms with Crippen LogP contribution < -0.4 is 5.73 Å². The van der Waals surface area contributed by atoms with Crippen molar-refractivity contribution in [3.05, 3.63) is 59.8 Å². The Morgan fingerprint density at radius 1 is 1.10 bits per heavy atom. The van der Waals surface area contributed by atoms with Crippen molar-refractivity contribution in [1.29, 1.82) is 0 Å². The van der Waals surface area contributed by atoms with Crippen LogP contribution in [0.5, 0.6) is 0 Å². The molecule has 0 amide bonds. The first-order valence-corrected chi connectivity index (χ1v) is 9.83. The number of hydrogen-bond donors (Lipinski definition) is 2. The Morgan fingerprint density at radius 2 is 1.90 bits per heavy atom. The molecule has 0 radical (unpaired) electrons. The second-order valence-electron chi connectivity index (χ2n) is 7.36. The van der Waals surface area contributed by atoms with E-state index in [1.807, 2.05) is 17.0 Å². The zero-order valence-electron chi connectivity index (χ0n) is 16.3. The number of guanidine groups is 1. The molecule has 7 nitrogen and oxygen atoms in total. The van der Waals surface area contributed by atoms with Gasteiger partial charge < -0.3 is 24.9 Å². The second-order valence-corrected chi connectivity index (χ2v) is 7.36. The SMILES string of the molecule is CC(c1ccc2c(c1)[nH]c1ccccc12)c1cc(/N=C(/N)N2CCOCC2)on1. The third kappa shape index (κ3) is 3.34. The van der Waals surface area contributed by atoms with E-state index in [1.165, 1.54) is 10.8 Å². The summed E-state index contributed by atoms with van der Waals surface area (Å²) in [7, 11) is 0. The molecule has 1 atom stereocenters. The van der Waals surface area contributed by atoms with E-state index in [4.69, 9.17) is 15.0 Å². The Hall–Kier alpha value is -3.32. The smallest absolute Gasteiger partial charge is 0.253 e. The number of para-hydroxylation sites is 1. The Bertz CT molecular complexity index is 1190. The van der Waals surface area contributed by atoms with E-state index in [2.05, 4.69) is 58.5 Å². The van der Waals surface area contributed by atoms with Crippen LogP contribution in [-0.4, -0.2) is 47.3 Å². The molecule has 1 unspecified atom stereocenters. The molecule has 1 aliphatic rings. The standard InChI is InChI=1S/C22H23N5O2/c1-14(15-6-7-17-16-4-2-3-5-18(16)24-20(17)12-15)19-13-21(29-26-19)25-22(23)27-8-10-28-11-9-27/h2-7,12-14,24H,8-11H2,1H3,(H2,23,25). The molecule has 3 N–H and O–H groups in total. The molecule has 0 spiro atoms. The lowest BCUT2D eigenvalue weighted by Crippen LogP contribution is -2.44. The van der Waals surface area contributed by atoms with Crippen molar-refractivity contribution in [2.24, 2.45) is 10.7 Å². The Labute approximate surface area is 168 Å². The van der Waals surface area contributed by atoms with Crippen LogP contribution in [0.25, 0.3) is 21.8 Å². The third-order valence-electron chi connectivity index (χ3n) is 5.55. The van der Waals surface area contributed by atoms with Gasteiger partial charge in [0.15, 0.2) is 5.96 Å². The fourth-order valence-corrected chi connectivity index (χ4v) is 3.82. The van der Waals surface area contributed by atoms with E-state index in [-0.39, 0.29) is 5.92 Å². The number of benzene rings is 2. The minimum absolute atomic E-state index is 0.0723. The normalized spacial score (nSPS) is 16.6. The van der Waals surface area contributed by atoms with Gasteiger partial charge in [-0.15, -0.1) is 0 Å². The van der Waals surface area contributed by atoms with Gasteiger partial charge in [-0.2, -0.15) is 4.99 Å². The van der Waals surface area contributed by atoms with Gasteiger partial charge in [-0.05, 0) is 17.7 Å². The molecule has 29 heavy (non-hydrogen) atoms. The lowest BCUT2D eigenvalue weighted by molar-refractivity contribution is 0.0675. The molecule has 148 valence electrons. The van der Waals surface area contributed by atoms with Gasteiger partial charge in [0.05, 0.1) is 18.9 Å². The van der Waals surface area contributed by atoms with E-state index < -0.39 is 0 Å². The summed E-state index contributed by atoms with van der Waals surface area (Å²) in [5.41, 5.74) is 10.4. The quantitative estimate of drug-likeness (QED) is 0.411. The number of aromatic nitrogens is 2. The van der Waals surface area contributed by atoms with Crippen molar-refractivity contribution in [3.63, 3.8) is 0 Å². The van der Waals surface area contributed by atoms with E-state index >= 15 is 0 Å². The third-order valence-corrected chi connectivity index (χ3v) is 5.55. The number of ether oxygens (including phenoxy) is 1. The molecule has 2 aromatic heterocycles. The van der Waals surface area contributed by atoms with Crippen LogP contribution >= 0.6 is 0 Å². The summed E-state index contributed by atoms with van der Waals surface area (Å²) in [6, 6.07) is 16.7.